The molecule has 0 fully saturated rings. The van der Waals surface area contributed by atoms with E-state index >= 15 is 0 Å². The molecule has 4 heteroatoms. The van der Waals surface area contributed by atoms with Crippen molar-refractivity contribution in [1.82, 2.24) is 0 Å². The Morgan fingerprint density at radius 2 is 1.66 bits per heavy atom. The van der Waals surface area contributed by atoms with Gasteiger partial charge in [-0.2, -0.15) is 0 Å². The Kier molecular flexibility index (Phi) is 5.17. The Hall–Kier alpha value is -3.40. The number of rotatable bonds is 4. The number of carbonyl (C=O) groups excluding carboxylic acids is 2. The molecular weight excluding hydrogens is 360 g/mol. The Labute approximate surface area is 171 Å². The number of anilines is 2. The normalized spacial score (nSPS) is 13.2. The van der Waals surface area contributed by atoms with Crippen LogP contribution in [0.2, 0.25) is 0 Å². The Balaban J connectivity index is 1.56. The van der Waals surface area contributed by atoms with Gasteiger partial charge in [-0.1, -0.05) is 47.5 Å². The second-order valence-corrected chi connectivity index (χ2v) is 7.64. The number of benzene rings is 3. The predicted octanol–water partition coefficient (Wildman–Crippen LogP) is 5.04. The van der Waals surface area contributed by atoms with Crippen LogP contribution < -0.4 is 10.2 Å². The summed E-state index contributed by atoms with van der Waals surface area (Å²) in [7, 11) is 0. The smallest absolute Gasteiger partial charge is 0.255 e. The summed E-state index contributed by atoms with van der Waals surface area (Å²) in [5.74, 6) is 0.0122. The van der Waals surface area contributed by atoms with Crippen LogP contribution in [0, 0.1) is 13.8 Å². The zero-order chi connectivity index (χ0) is 20.4. The van der Waals surface area contributed by atoms with Crippen LogP contribution in [0.25, 0.3) is 0 Å². The first kappa shape index (κ1) is 18.9. The van der Waals surface area contributed by atoms with Crippen LogP contribution in [0.3, 0.4) is 0 Å². The standard InChI is InChI=1S/C25H24N2O2/c1-17-12-18(2)14-21(13-17)25(29)26-22-9-10-23-20(15-22)8-11-24(28)27(23)16-19-6-4-3-5-7-19/h3-7,9-10,12-15H,8,11,16H2,1-2H3,(H,26,29). The molecule has 0 radical (unpaired) electrons. The minimum absolute atomic E-state index is 0.121. The zero-order valence-corrected chi connectivity index (χ0v) is 16.7. The molecule has 146 valence electrons. The van der Waals surface area contributed by atoms with Crippen molar-refractivity contribution in [3.63, 3.8) is 0 Å². The quantitative estimate of drug-likeness (QED) is 0.685. The second-order valence-electron chi connectivity index (χ2n) is 7.64. The van der Waals surface area contributed by atoms with Crippen molar-refractivity contribution in [2.75, 3.05) is 10.2 Å². The van der Waals surface area contributed by atoms with Crippen molar-refractivity contribution in [2.24, 2.45) is 0 Å². The summed E-state index contributed by atoms with van der Waals surface area (Å²) >= 11 is 0. The maximum Gasteiger partial charge on any atom is 0.255 e. The van der Waals surface area contributed by atoms with Crippen LogP contribution in [0.4, 0.5) is 11.4 Å². The average molecular weight is 384 g/mol. The predicted molar refractivity (Wildman–Crippen MR) is 116 cm³/mol. The van der Waals surface area contributed by atoms with Gasteiger partial charge in [-0.05, 0) is 61.7 Å². The van der Waals surface area contributed by atoms with Crippen molar-refractivity contribution in [2.45, 2.75) is 33.2 Å². The summed E-state index contributed by atoms with van der Waals surface area (Å²) in [6.07, 6.45) is 1.17. The minimum Gasteiger partial charge on any atom is -0.322 e. The second kappa shape index (κ2) is 7.92. The van der Waals surface area contributed by atoms with Crippen LogP contribution in [0.15, 0.2) is 66.7 Å². The van der Waals surface area contributed by atoms with Gasteiger partial charge in [-0.3, -0.25) is 9.59 Å². The SMILES string of the molecule is Cc1cc(C)cc(C(=O)Nc2ccc3c(c2)CCC(=O)N3Cc2ccccc2)c1. The molecule has 0 atom stereocenters. The molecule has 3 aromatic rings. The van der Waals surface area contributed by atoms with Crippen molar-refractivity contribution in [3.05, 3.63) is 94.5 Å². The fraction of sp³-hybridized carbons (Fsp3) is 0.200. The first-order chi connectivity index (χ1) is 14.0. The lowest BCUT2D eigenvalue weighted by atomic mass is 9.99. The van der Waals surface area contributed by atoms with Crippen LogP contribution >= 0.6 is 0 Å². The fourth-order valence-corrected chi connectivity index (χ4v) is 3.89. The van der Waals surface area contributed by atoms with Crippen molar-refractivity contribution < 1.29 is 9.59 Å². The van der Waals surface area contributed by atoms with E-state index in [2.05, 4.69) is 5.32 Å². The third-order valence-electron chi connectivity index (χ3n) is 5.20. The first-order valence-corrected chi connectivity index (χ1v) is 9.86. The van der Waals surface area contributed by atoms with E-state index in [1.807, 2.05) is 85.5 Å². The number of carbonyl (C=O) groups is 2. The molecule has 1 N–H and O–H groups in total. The molecule has 0 bridgehead atoms. The van der Waals surface area contributed by atoms with E-state index in [1.54, 1.807) is 0 Å². The zero-order valence-electron chi connectivity index (χ0n) is 16.7. The highest BCUT2D eigenvalue weighted by atomic mass is 16.2. The summed E-state index contributed by atoms with van der Waals surface area (Å²) in [5, 5.41) is 3.00. The Morgan fingerprint density at radius 3 is 2.38 bits per heavy atom. The molecule has 2 amide bonds. The van der Waals surface area contributed by atoms with E-state index in [0.717, 1.165) is 33.6 Å². The third kappa shape index (κ3) is 4.21. The topological polar surface area (TPSA) is 49.4 Å². The summed E-state index contributed by atoms with van der Waals surface area (Å²) in [6, 6.07) is 21.6. The summed E-state index contributed by atoms with van der Waals surface area (Å²) < 4.78 is 0. The number of amides is 2. The van der Waals surface area contributed by atoms with Crippen LogP contribution in [0.5, 0.6) is 0 Å². The van der Waals surface area contributed by atoms with Gasteiger partial charge in [0.25, 0.3) is 5.91 Å². The Morgan fingerprint density at radius 1 is 0.931 bits per heavy atom. The molecule has 4 nitrogen and oxygen atoms in total. The highest BCUT2D eigenvalue weighted by molar-refractivity contribution is 6.05. The molecule has 0 aliphatic carbocycles. The molecule has 0 unspecified atom stereocenters. The van der Waals surface area contributed by atoms with Gasteiger partial charge in [-0.15, -0.1) is 0 Å². The molecule has 1 heterocycles. The maximum atomic E-state index is 12.7. The number of fused-ring (bicyclic) bond motifs is 1. The lowest BCUT2D eigenvalue weighted by molar-refractivity contribution is -0.119. The van der Waals surface area contributed by atoms with Crippen molar-refractivity contribution in [3.8, 4) is 0 Å². The number of hydrogen-bond acceptors (Lipinski definition) is 2. The fourth-order valence-electron chi connectivity index (χ4n) is 3.89. The molecule has 1 aliphatic heterocycles. The molecule has 29 heavy (non-hydrogen) atoms. The molecule has 4 rings (SSSR count). The van der Waals surface area contributed by atoms with E-state index in [1.165, 1.54) is 0 Å². The van der Waals surface area contributed by atoms with Gasteiger partial charge < -0.3 is 10.2 Å². The Bertz CT molecular complexity index is 1050. The molecule has 3 aromatic carbocycles. The molecular formula is C25H24N2O2. The first-order valence-electron chi connectivity index (χ1n) is 9.86. The third-order valence-corrected chi connectivity index (χ3v) is 5.20. The van der Waals surface area contributed by atoms with Gasteiger partial charge in [0.15, 0.2) is 0 Å². The van der Waals surface area contributed by atoms with Gasteiger partial charge in [0.2, 0.25) is 5.91 Å². The highest BCUT2D eigenvalue weighted by Gasteiger charge is 2.24. The molecule has 0 spiro atoms. The van der Waals surface area contributed by atoms with E-state index in [-0.39, 0.29) is 11.8 Å². The monoisotopic (exact) mass is 384 g/mol. The van der Waals surface area contributed by atoms with Crippen LogP contribution in [-0.4, -0.2) is 11.8 Å². The maximum absolute atomic E-state index is 12.7. The molecule has 1 aliphatic rings. The lowest BCUT2D eigenvalue weighted by Gasteiger charge is -2.30. The number of hydrogen-bond donors (Lipinski definition) is 1. The van der Waals surface area contributed by atoms with Crippen molar-refractivity contribution >= 4 is 23.2 Å². The number of aryl methyl sites for hydroxylation is 3. The van der Waals surface area contributed by atoms with Crippen LogP contribution in [0.1, 0.15) is 39.0 Å². The molecule has 0 saturated heterocycles. The van der Waals surface area contributed by atoms with Gasteiger partial charge in [-0.25, -0.2) is 0 Å². The van der Waals surface area contributed by atoms with Gasteiger partial charge >= 0.3 is 0 Å². The highest BCUT2D eigenvalue weighted by Crippen LogP contribution is 2.31. The van der Waals surface area contributed by atoms with E-state index in [4.69, 9.17) is 0 Å². The average Bonchev–Trinajstić information content (AvgIpc) is 2.70. The van der Waals surface area contributed by atoms with Gasteiger partial charge in [0, 0.05) is 23.4 Å². The van der Waals surface area contributed by atoms with E-state index in [0.29, 0.717) is 24.9 Å². The summed E-state index contributed by atoms with van der Waals surface area (Å²) in [5.41, 5.74) is 6.64. The molecule has 0 saturated carbocycles. The summed E-state index contributed by atoms with van der Waals surface area (Å²) in [4.78, 5) is 27.0. The van der Waals surface area contributed by atoms with Crippen LogP contribution in [-0.2, 0) is 17.8 Å². The largest absolute Gasteiger partial charge is 0.322 e. The van der Waals surface area contributed by atoms with Gasteiger partial charge in [0.1, 0.15) is 0 Å². The minimum atomic E-state index is -0.121. The molecule has 0 aromatic heterocycles. The number of nitrogens with one attached hydrogen (secondary N) is 1. The van der Waals surface area contributed by atoms with E-state index < -0.39 is 0 Å². The summed E-state index contributed by atoms with van der Waals surface area (Å²) in [6.45, 7) is 4.53. The van der Waals surface area contributed by atoms with Gasteiger partial charge in [0.05, 0.1) is 6.54 Å². The van der Waals surface area contributed by atoms with E-state index in [9.17, 15) is 9.59 Å². The van der Waals surface area contributed by atoms with Crippen molar-refractivity contribution in [1.29, 1.82) is 0 Å². The number of nitrogens with zero attached hydrogens (tertiary/aromatic N) is 1. The lowest BCUT2D eigenvalue weighted by Crippen LogP contribution is -2.34.